The van der Waals surface area contributed by atoms with Gasteiger partial charge in [0, 0.05) is 10.9 Å². The zero-order valence-corrected chi connectivity index (χ0v) is 10.8. The molecule has 0 bridgehead atoms. The average molecular weight is 223 g/mol. The van der Waals surface area contributed by atoms with Crippen LogP contribution in [-0.4, -0.2) is 13.1 Å². The van der Waals surface area contributed by atoms with Crippen LogP contribution in [-0.2, 0) is 6.42 Å². The molecule has 0 radical (unpaired) electrons. The zero-order valence-electron chi connectivity index (χ0n) is 9.97. The number of likely N-dealkylation sites (N-methyl/N-ethyl adjacent to an activating group) is 1. The lowest BCUT2D eigenvalue weighted by molar-refractivity contribution is 0.541. The minimum Gasteiger partial charge on any atom is -0.317 e. The predicted molar refractivity (Wildman–Crippen MR) is 67.9 cm³/mol. The molecular weight excluding hydrogens is 202 g/mol. The highest BCUT2D eigenvalue weighted by molar-refractivity contribution is 7.10. The van der Waals surface area contributed by atoms with Crippen LogP contribution in [0.2, 0.25) is 0 Å². The van der Waals surface area contributed by atoms with E-state index >= 15 is 0 Å². The fraction of sp³-hybridized carbons (Fsp3) is 0.692. The van der Waals surface area contributed by atoms with Crippen molar-refractivity contribution in [2.45, 2.75) is 51.5 Å². The second-order valence-corrected chi connectivity index (χ2v) is 5.54. The first-order valence-corrected chi connectivity index (χ1v) is 6.88. The van der Waals surface area contributed by atoms with Gasteiger partial charge in [-0.1, -0.05) is 6.92 Å². The van der Waals surface area contributed by atoms with Gasteiger partial charge in [-0.2, -0.15) is 0 Å². The van der Waals surface area contributed by atoms with E-state index in [1.54, 1.807) is 10.4 Å². The number of thiophene rings is 1. The van der Waals surface area contributed by atoms with Crippen LogP contribution in [0.25, 0.3) is 0 Å². The number of nitrogens with one attached hydrogen (secondary N) is 1. The standard InChI is InChI=1S/C13H21NS/c1-4-11(14-3)7-12-9(2)8-15-13(12)10-5-6-10/h8,10-11,14H,4-7H2,1-3H3. The molecule has 1 aromatic rings. The van der Waals surface area contributed by atoms with Gasteiger partial charge in [0.05, 0.1) is 0 Å². The monoisotopic (exact) mass is 223 g/mol. The van der Waals surface area contributed by atoms with Crippen LogP contribution in [0.1, 0.15) is 48.1 Å². The van der Waals surface area contributed by atoms with Crippen LogP contribution in [0.4, 0.5) is 0 Å². The van der Waals surface area contributed by atoms with Crippen molar-refractivity contribution in [2.24, 2.45) is 0 Å². The fourth-order valence-electron chi connectivity index (χ4n) is 2.14. The summed E-state index contributed by atoms with van der Waals surface area (Å²) in [5, 5.41) is 5.75. The largest absolute Gasteiger partial charge is 0.317 e. The Morgan fingerprint density at radius 2 is 2.27 bits per heavy atom. The molecule has 0 aliphatic heterocycles. The fourth-order valence-corrected chi connectivity index (χ4v) is 3.40. The molecule has 1 atom stereocenters. The smallest absolute Gasteiger partial charge is 0.0111 e. The first-order chi connectivity index (χ1) is 7.26. The molecule has 0 spiro atoms. The van der Waals surface area contributed by atoms with Gasteiger partial charge in [-0.3, -0.25) is 0 Å². The Kier molecular flexibility index (Phi) is 3.47. The molecule has 1 aliphatic rings. The summed E-state index contributed by atoms with van der Waals surface area (Å²) in [5.74, 6) is 0.910. The summed E-state index contributed by atoms with van der Waals surface area (Å²) in [6.45, 7) is 4.53. The third kappa shape index (κ3) is 2.43. The minimum absolute atomic E-state index is 0.649. The molecule has 0 saturated heterocycles. The second-order valence-electron chi connectivity index (χ2n) is 4.63. The second kappa shape index (κ2) is 4.67. The van der Waals surface area contributed by atoms with Crippen molar-refractivity contribution in [3.05, 3.63) is 21.4 Å². The van der Waals surface area contributed by atoms with Crippen molar-refractivity contribution < 1.29 is 0 Å². The van der Waals surface area contributed by atoms with Gasteiger partial charge in [0.1, 0.15) is 0 Å². The van der Waals surface area contributed by atoms with E-state index in [4.69, 9.17) is 0 Å². The van der Waals surface area contributed by atoms with Crippen LogP contribution < -0.4 is 5.32 Å². The number of aryl methyl sites for hydroxylation is 1. The Balaban J connectivity index is 2.14. The molecular formula is C13H21NS. The Morgan fingerprint density at radius 1 is 1.53 bits per heavy atom. The van der Waals surface area contributed by atoms with Crippen molar-refractivity contribution in [1.82, 2.24) is 5.32 Å². The lowest BCUT2D eigenvalue weighted by Gasteiger charge is -2.15. The van der Waals surface area contributed by atoms with Gasteiger partial charge in [-0.25, -0.2) is 0 Å². The highest BCUT2D eigenvalue weighted by atomic mass is 32.1. The van der Waals surface area contributed by atoms with Crippen LogP contribution in [0, 0.1) is 6.92 Å². The molecule has 1 nitrogen and oxygen atoms in total. The number of hydrogen-bond donors (Lipinski definition) is 1. The maximum Gasteiger partial charge on any atom is 0.0111 e. The van der Waals surface area contributed by atoms with Crippen molar-refractivity contribution in [1.29, 1.82) is 0 Å². The molecule has 1 aliphatic carbocycles. The van der Waals surface area contributed by atoms with Crippen LogP contribution in [0.3, 0.4) is 0 Å². The van der Waals surface area contributed by atoms with E-state index in [1.807, 2.05) is 11.3 Å². The third-order valence-electron chi connectivity index (χ3n) is 3.44. The zero-order chi connectivity index (χ0) is 10.8. The molecule has 0 aromatic carbocycles. The van der Waals surface area contributed by atoms with Crippen molar-refractivity contribution in [3.63, 3.8) is 0 Å². The summed E-state index contributed by atoms with van der Waals surface area (Å²) in [6.07, 6.45) is 5.27. The molecule has 1 heterocycles. The maximum absolute atomic E-state index is 3.41. The highest BCUT2D eigenvalue weighted by Gasteiger charge is 2.28. The van der Waals surface area contributed by atoms with Crippen molar-refractivity contribution >= 4 is 11.3 Å². The number of rotatable bonds is 5. The van der Waals surface area contributed by atoms with Gasteiger partial charge >= 0.3 is 0 Å². The maximum atomic E-state index is 3.41. The van der Waals surface area contributed by atoms with E-state index in [0.717, 1.165) is 5.92 Å². The lowest BCUT2D eigenvalue weighted by atomic mass is 10.00. The van der Waals surface area contributed by atoms with E-state index in [2.05, 4.69) is 31.6 Å². The summed E-state index contributed by atoms with van der Waals surface area (Å²) < 4.78 is 0. The molecule has 1 fully saturated rings. The SMILES string of the molecule is CCC(Cc1c(C)csc1C1CC1)NC. The molecule has 0 amide bonds. The summed E-state index contributed by atoms with van der Waals surface area (Å²) in [7, 11) is 2.08. The quantitative estimate of drug-likeness (QED) is 0.806. The Morgan fingerprint density at radius 3 is 2.80 bits per heavy atom. The van der Waals surface area contributed by atoms with Crippen molar-refractivity contribution in [3.8, 4) is 0 Å². The Bertz CT molecular complexity index is 321. The van der Waals surface area contributed by atoms with Crippen LogP contribution >= 0.6 is 11.3 Å². The van der Waals surface area contributed by atoms with Gasteiger partial charge in [0.2, 0.25) is 0 Å². The first-order valence-electron chi connectivity index (χ1n) is 6.00. The third-order valence-corrected chi connectivity index (χ3v) is 4.74. The molecule has 2 rings (SSSR count). The first kappa shape index (κ1) is 11.2. The average Bonchev–Trinajstić information content (AvgIpc) is 3.02. The van der Waals surface area contributed by atoms with E-state index in [1.165, 1.54) is 31.2 Å². The molecule has 2 heteroatoms. The van der Waals surface area contributed by atoms with Gasteiger partial charge < -0.3 is 5.32 Å². The lowest BCUT2D eigenvalue weighted by Crippen LogP contribution is -2.26. The topological polar surface area (TPSA) is 12.0 Å². The van der Waals surface area contributed by atoms with E-state index in [0.29, 0.717) is 6.04 Å². The summed E-state index contributed by atoms with van der Waals surface area (Å²) in [5.41, 5.74) is 3.15. The Hall–Kier alpha value is -0.340. The molecule has 1 saturated carbocycles. The van der Waals surface area contributed by atoms with Gasteiger partial charge in [-0.15, -0.1) is 11.3 Å². The van der Waals surface area contributed by atoms with E-state index < -0.39 is 0 Å². The van der Waals surface area contributed by atoms with E-state index in [9.17, 15) is 0 Å². The molecule has 1 aromatic heterocycles. The van der Waals surface area contributed by atoms with Gasteiger partial charge in [0.25, 0.3) is 0 Å². The van der Waals surface area contributed by atoms with Crippen LogP contribution in [0.5, 0.6) is 0 Å². The molecule has 1 N–H and O–H groups in total. The van der Waals surface area contributed by atoms with Crippen molar-refractivity contribution in [2.75, 3.05) is 7.05 Å². The summed E-state index contributed by atoms with van der Waals surface area (Å²) >= 11 is 1.98. The molecule has 15 heavy (non-hydrogen) atoms. The van der Waals surface area contributed by atoms with Crippen LogP contribution in [0.15, 0.2) is 5.38 Å². The minimum atomic E-state index is 0.649. The van der Waals surface area contributed by atoms with Gasteiger partial charge in [-0.05, 0) is 62.1 Å². The number of hydrogen-bond acceptors (Lipinski definition) is 2. The van der Waals surface area contributed by atoms with Gasteiger partial charge in [0.15, 0.2) is 0 Å². The summed E-state index contributed by atoms with van der Waals surface area (Å²) in [6, 6.07) is 0.649. The van der Waals surface area contributed by atoms with E-state index in [-0.39, 0.29) is 0 Å². The molecule has 1 unspecified atom stereocenters. The normalized spacial score (nSPS) is 18.1. The summed E-state index contributed by atoms with van der Waals surface area (Å²) in [4.78, 5) is 1.68. The predicted octanol–water partition coefficient (Wildman–Crippen LogP) is 3.47. The molecule has 84 valence electrons. The highest BCUT2D eigenvalue weighted by Crippen LogP contribution is 2.45. The Labute approximate surface area is 96.9 Å².